The molecule has 0 aliphatic carbocycles. The zero-order chi connectivity index (χ0) is 61.9. The third-order valence-corrected chi connectivity index (χ3v) is 17.0. The van der Waals surface area contributed by atoms with E-state index >= 15 is 0 Å². The Morgan fingerprint density at radius 1 is 0.447 bits per heavy atom. The minimum absolute atomic E-state index is 0.0534. The number of hydrogen-bond acceptors (Lipinski definition) is 11. The molecule has 0 aromatic heterocycles. The minimum atomic E-state index is -1.11. The lowest BCUT2D eigenvalue weighted by Crippen LogP contribution is -2.51. The lowest BCUT2D eigenvalue weighted by atomic mass is 9.92. The smallest absolute Gasteiger partial charge is 0.258 e. The van der Waals surface area contributed by atoms with Gasteiger partial charge in [0.1, 0.15) is 12.1 Å². The van der Waals surface area contributed by atoms with E-state index < -0.39 is 59.7 Å². The van der Waals surface area contributed by atoms with Gasteiger partial charge in [-0.05, 0) is 145 Å². The van der Waals surface area contributed by atoms with Crippen LogP contribution >= 0.6 is 0 Å². The fourth-order valence-corrected chi connectivity index (χ4v) is 12.9. The van der Waals surface area contributed by atoms with Gasteiger partial charge in [0.2, 0.25) is 23.6 Å². The number of carbonyl (C=O) groups is 10. The van der Waals surface area contributed by atoms with E-state index in [0.29, 0.717) is 87.0 Å². The first-order valence-electron chi connectivity index (χ1n) is 30.2. The Bertz CT molecular complexity index is 3350. The molecule has 448 valence electrons. The Morgan fingerprint density at radius 3 is 1.01 bits per heavy atom. The van der Waals surface area contributed by atoms with Gasteiger partial charge in [-0.15, -0.1) is 0 Å². The van der Waals surface area contributed by atoms with Crippen molar-refractivity contribution in [1.29, 1.82) is 0 Å². The van der Waals surface area contributed by atoms with Crippen molar-refractivity contribution >= 4 is 81.8 Å². The molecule has 4 aliphatic rings. The molecule has 4 heterocycles. The highest BCUT2D eigenvalue weighted by atomic mass is 16.5. The summed E-state index contributed by atoms with van der Waals surface area (Å²) in [4.78, 5) is 143. The molecular weight excluding hydrogens is 1080 g/mol. The number of benzene rings is 4. The highest BCUT2D eigenvalue weighted by Gasteiger charge is 2.48. The van der Waals surface area contributed by atoms with Crippen LogP contribution < -0.4 is 19.6 Å². The van der Waals surface area contributed by atoms with Gasteiger partial charge >= 0.3 is 0 Å². The largest absolute Gasteiger partial charge is 0.375 e. The molecule has 2 fully saturated rings. The van der Waals surface area contributed by atoms with Gasteiger partial charge in [-0.1, -0.05) is 104 Å². The first-order valence-corrected chi connectivity index (χ1v) is 30.2. The van der Waals surface area contributed by atoms with E-state index in [-0.39, 0.29) is 49.6 Å². The maximum Gasteiger partial charge on any atom is 0.258 e. The average Bonchev–Trinajstić information content (AvgIpc) is 2.35. The quantitative estimate of drug-likeness (QED) is 0.0608. The second-order valence-electron chi connectivity index (χ2n) is 22.6. The van der Waals surface area contributed by atoms with Crippen LogP contribution in [-0.2, 0) is 117 Å². The summed E-state index contributed by atoms with van der Waals surface area (Å²) in [5.74, 6) is -4.21. The molecule has 8 rings (SSSR count). The number of rotatable bonds is 24. The van der Waals surface area contributed by atoms with E-state index in [1.807, 2.05) is 104 Å². The molecule has 4 unspecified atom stereocenters. The maximum atomic E-state index is 14.7. The van der Waals surface area contributed by atoms with Gasteiger partial charge in [-0.3, -0.25) is 47.9 Å². The van der Waals surface area contributed by atoms with E-state index in [1.165, 1.54) is 67.6 Å². The summed E-state index contributed by atoms with van der Waals surface area (Å²) in [6, 6.07) is 13.3. The van der Waals surface area contributed by atoms with Gasteiger partial charge in [0.25, 0.3) is 35.4 Å². The van der Waals surface area contributed by atoms with E-state index in [9.17, 15) is 47.9 Å². The normalized spacial score (nSPS) is 17.7. The van der Waals surface area contributed by atoms with Crippen molar-refractivity contribution in [3.63, 3.8) is 0 Å². The van der Waals surface area contributed by atoms with Gasteiger partial charge in [0.15, 0.2) is 0 Å². The third-order valence-electron chi connectivity index (χ3n) is 17.0. The van der Waals surface area contributed by atoms with Crippen LogP contribution in [0.3, 0.4) is 0 Å². The Kier molecular flexibility index (Phi) is 19.5. The Balaban J connectivity index is 0.950. The first-order chi connectivity index (χ1) is 40.6. The van der Waals surface area contributed by atoms with Crippen molar-refractivity contribution in [3.8, 4) is 0 Å². The summed E-state index contributed by atoms with van der Waals surface area (Å²) in [5.41, 5.74) is 13.0. The van der Waals surface area contributed by atoms with Crippen molar-refractivity contribution in [3.05, 3.63) is 140 Å². The number of imide groups is 4. The van der Waals surface area contributed by atoms with E-state index in [2.05, 4.69) is 0 Å². The predicted octanol–water partition coefficient (Wildman–Crippen LogP) is 8.68. The first kappa shape index (κ1) is 62.9. The molecular formula is C68H80N6O11. The predicted molar refractivity (Wildman–Crippen MR) is 326 cm³/mol. The van der Waals surface area contributed by atoms with E-state index in [4.69, 9.17) is 4.74 Å². The van der Waals surface area contributed by atoms with E-state index in [0.717, 1.165) is 66.8 Å². The van der Waals surface area contributed by atoms with Gasteiger partial charge < -0.3 is 14.5 Å². The molecule has 2 saturated heterocycles. The van der Waals surface area contributed by atoms with Gasteiger partial charge in [-0.2, -0.15) is 0 Å². The fourth-order valence-electron chi connectivity index (χ4n) is 12.9. The molecule has 17 nitrogen and oxygen atoms in total. The van der Waals surface area contributed by atoms with Crippen LogP contribution in [0.5, 0.6) is 0 Å². The highest BCUT2D eigenvalue weighted by molar-refractivity contribution is 6.30. The van der Waals surface area contributed by atoms with Crippen molar-refractivity contribution in [2.75, 3.05) is 32.8 Å². The number of aryl methyl sites for hydroxylation is 8. The number of ether oxygens (including phenoxy) is 1. The molecule has 0 N–H and O–H groups in total. The van der Waals surface area contributed by atoms with Crippen LogP contribution in [0, 0.1) is 0 Å². The average molecular weight is 1160 g/mol. The van der Waals surface area contributed by atoms with E-state index in [1.54, 1.807) is 13.8 Å². The zero-order valence-electron chi connectivity index (χ0n) is 51.3. The van der Waals surface area contributed by atoms with Crippen LogP contribution in [0.15, 0.2) is 72.8 Å². The third kappa shape index (κ3) is 12.4. The van der Waals surface area contributed by atoms with Crippen molar-refractivity contribution in [2.24, 2.45) is 0 Å². The molecule has 17 heteroatoms. The van der Waals surface area contributed by atoms with Gasteiger partial charge in [0, 0.05) is 44.7 Å². The summed E-state index contributed by atoms with van der Waals surface area (Å²) < 4.78 is 6.32. The van der Waals surface area contributed by atoms with Crippen molar-refractivity contribution in [1.82, 2.24) is 9.80 Å². The highest BCUT2D eigenvalue weighted by Crippen LogP contribution is 2.39. The zero-order valence-corrected chi connectivity index (χ0v) is 51.3. The van der Waals surface area contributed by atoms with Gasteiger partial charge in [-0.25, -0.2) is 19.6 Å². The summed E-state index contributed by atoms with van der Waals surface area (Å²) in [5, 5.41) is 0. The number of hydrogen-bond donors (Lipinski definition) is 0. The number of nitrogens with zero attached hydrogens (tertiary/aromatic N) is 6. The number of anilines is 4. The van der Waals surface area contributed by atoms with Crippen LogP contribution in [0.2, 0.25) is 0 Å². The van der Waals surface area contributed by atoms with Crippen LogP contribution in [0.4, 0.5) is 22.7 Å². The molecule has 4 aliphatic heterocycles. The van der Waals surface area contributed by atoms with Crippen LogP contribution in [0.25, 0.3) is 0 Å². The summed E-state index contributed by atoms with van der Waals surface area (Å²) in [7, 11) is 0. The summed E-state index contributed by atoms with van der Waals surface area (Å²) in [6.07, 6.45) is 9.53. The Labute approximate surface area is 499 Å². The van der Waals surface area contributed by atoms with Crippen LogP contribution in [0.1, 0.15) is 163 Å². The molecule has 0 radical (unpaired) electrons. The second kappa shape index (κ2) is 26.4. The Hall–Kier alpha value is -8.18. The van der Waals surface area contributed by atoms with Gasteiger partial charge in [0.05, 0.1) is 54.3 Å². The fraction of sp³-hybridized carbons (Fsp3) is 0.441. The lowest BCUT2D eigenvalue weighted by molar-refractivity contribution is -0.142. The topological polar surface area (TPSA) is 199 Å². The standard InChI is InChI=1S/C68H80N6O11/c1-13-47-27-43(28-48(14-2)63(47)71-57(77)21-22-58(71)78)25-45-31-51(17-5)65(52(18-6)32-45)73-61(81)35-55(67(73)83)69(41(11)75)37-40(10)85-38-39(9)70(42(12)76)56-36-62(82)74(68(56)84)66-53(19-7)33-46(34-54(66)20-8)26-44-29-49(15-3)64(50(16-4)30-44)72-59(79)23-24-60(72)80/h21-24,27-34,39-40,55-56H,13-20,25-26,35-38H2,1-12H3. The van der Waals surface area contributed by atoms with Crippen molar-refractivity contribution < 1.29 is 52.7 Å². The molecule has 4 aromatic rings. The lowest BCUT2D eigenvalue weighted by Gasteiger charge is -2.34. The SMILES string of the molecule is CCc1cc(Cc2cc(CC)c(N3C(=O)CC(N(CC(C)OCC(C)N(C(C)=O)C4CC(=O)N(c5c(CC)cc(Cc6cc(CC)c(N7C(=O)C=CC7=O)c(CC)c6)cc5CC)C4=O)C(C)=O)C3=O)c(CC)c2)cc(CC)c1N1C(=O)C=CC1=O. The molecule has 0 spiro atoms. The Morgan fingerprint density at radius 2 is 0.729 bits per heavy atom. The minimum Gasteiger partial charge on any atom is -0.375 e. The molecule has 10 amide bonds. The molecule has 4 atom stereocenters. The molecule has 4 aromatic carbocycles. The second-order valence-corrected chi connectivity index (χ2v) is 22.6. The molecule has 0 saturated carbocycles. The molecule has 85 heavy (non-hydrogen) atoms. The summed E-state index contributed by atoms with van der Waals surface area (Å²) in [6.45, 7) is 21.9. The molecule has 0 bridgehead atoms. The summed E-state index contributed by atoms with van der Waals surface area (Å²) >= 11 is 0. The number of carbonyl (C=O) groups excluding carboxylic acids is 10. The number of amides is 10. The van der Waals surface area contributed by atoms with Crippen LogP contribution in [-0.4, -0.2) is 106 Å². The van der Waals surface area contributed by atoms with Crippen molar-refractivity contribution in [2.45, 2.75) is 184 Å². The maximum absolute atomic E-state index is 14.7. The monoisotopic (exact) mass is 1160 g/mol.